The van der Waals surface area contributed by atoms with Gasteiger partial charge in [0.15, 0.2) is 0 Å². The van der Waals surface area contributed by atoms with E-state index < -0.39 is 5.97 Å². The molecule has 146 valence electrons. The Hall–Kier alpha value is -3.19. The molecule has 28 heavy (non-hydrogen) atoms. The smallest absolute Gasteiger partial charge is 0.335 e. The molecule has 1 heterocycles. The number of hydrogen-bond acceptors (Lipinski definition) is 4. The molecule has 0 bridgehead atoms. The Labute approximate surface area is 163 Å². The molecular weight excluding hydrogens is 358 g/mol. The van der Waals surface area contributed by atoms with E-state index in [1.807, 2.05) is 29.2 Å². The van der Waals surface area contributed by atoms with Gasteiger partial charge in [0.1, 0.15) is 0 Å². The van der Waals surface area contributed by atoms with Gasteiger partial charge in [-0.05, 0) is 42.0 Å². The van der Waals surface area contributed by atoms with E-state index in [1.165, 1.54) is 24.3 Å². The molecule has 2 aromatic carbocycles. The maximum atomic E-state index is 12.3. The molecule has 7 heteroatoms. The van der Waals surface area contributed by atoms with Crippen LogP contribution in [0.5, 0.6) is 0 Å². The van der Waals surface area contributed by atoms with Gasteiger partial charge in [-0.2, -0.15) is 0 Å². The zero-order chi connectivity index (χ0) is 20.1. The standard InChI is InChI=1S/C21H23N3O4/c1-15(25)24-12-10-23(11-13-24)14-16-2-8-19(9-3-16)22-20(26)17-4-6-18(7-5-17)21(27)28/h2-9H,10-14H2,1H3,(H,22,26)(H,27,28). The van der Waals surface area contributed by atoms with Crippen molar-refractivity contribution in [2.24, 2.45) is 0 Å². The first-order chi connectivity index (χ1) is 13.4. The highest BCUT2D eigenvalue weighted by atomic mass is 16.4. The molecule has 1 aliphatic heterocycles. The highest BCUT2D eigenvalue weighted by Crippen LogP contribution is 2.15. The van der Waals surface area contributed by atoms with Gasteiger partial charge < -0.3 is 15.3 Å². The van der Waals surface area contributed by atoms with Crippen LogP contribution in [0.4, 0.5) is 5.69 Å². The van der Waals surface area contributed by atoms with Gasteiger partial charge in [-0.25, -0.2) is 4.79 Å². The quantitative estimate of drug-likeness (QED) is 0.830. The van der Waals surface area contributed by atoms with Crippen LogP contribution in [0, 0.1) is 0 Å². The summed E-state index contributed by atoms with van der Waals surface area (Å²) in [5.41, 5.74) is 2.36. The lowest BCUT2D eigenvalue weighted by atomic mass is 10.1. The minimum atomic E-state index is -1.02. The Morgan fingerprint density at radius 1 is 0.893 bits per heavy atom. The van der Waals surface area contributed by atoms with E-state index in [0.717, 1.165) is 38.3 Å². The average molecular weight is 381 g/mol. The van der Waals surface area contributed by atoms with Crippen molar-refractivity contribution in [2.45, 2.75) is 13.5 Å². The van der Waals surface area contributed by atoms with E-state index in [4.69, 9.17) is 5.11 Å². The van der Waals surface area contributed by atoms with Crippen LogP contribution in [0.1, 0.15) is 33.2 Å². The van der Waals surface area contributed by atoms with Gasteiger partial charge in [0, 0.05) is 50.9 Å². The van der Waals surface area contributed by atoms with Gasteiger partial charge in [-0.1, -0.05) is 12.1 Å². The summed E-state index contributed by atoms with van der Waals surface area (Å²) in [4.78, 5) is 38.7. The third-order valence-corrected chi connectivity index (χ3v) is 4.83. The number of amides is 2. The first kappa shape index (κ1) is 19.6. The normalized spacial score (nSPS) is 14.5. The van der Waals surface area contributed by atoms with Gasteiger partial charge in [0.2, 0.25) is 5.91 Å². The summed E-state index contributed by atoms with van der Waals surface area (Å²) in [5.74, 6) is -1.19. The summed E-state index contributed by atoms with van der Waals surface area (Å²) in [5, 5.41) is 11.7. The molecule has 0 aliphatic carbocycles. The predicted octanol–water partition coefficient (Wildman–Crippen LogP) is 2.30. The van der Waals surface area contributed by atoms with Gasteiger partial charge in [0.25, 0.3) is 5.91 Å². The molecule has 1 saturated heterocycles. The fourth-order valence-corrected chi connectivity index (χ4v) is 3.14. The number of anilines is 1. The first-order valence-corrected chi connectivity index (χ1v) is 9.14. The van der Waals surface area contributed by atoms with Crippen molar-refractivity contribution in [2.75, 3.05) is 31.5 Å². The number of carboxylic acids is 1. The summed E-state index contributed by atoms with van der Waals surface area (Å²) in [6.45, 7) is 5.61. The Morgan fingerprint density at radius 3 is 2.00 bits per heavy atom. The second-order valence-corrected chi connectivity index (χ2v) is 6.82. The minimum Gasteiger partial charge on any atom is -0.478 e. The zero-order valence-electron chi connectivity index (χ0n) is 15.7. The fourth-order valence-electron chi connectivity index (χ4n) is 3.14. The third-order valence-electron chi connectivity index (χ3n) is 4.83. The fraction of sp³-hybridized carbons (Fsp3) is 0.286. The average Bonchev–Trinajstić information content (AvgIpc) is 2.70. The second kappa shape index (κ2) is 8.67. The number of aromatic carboxylic acids is 1. The number of piperazine rings is 1. The Balaban J connectivity index is 1.53. The van der Waals surface area contributed by atoms with Crippen molar-refractivity contribution < 1.29 is 19.5 Å². The van der Waals surface area contributed by atoms with Crippen LogP contribution in [0.3, 0.4) is 0 Å². The van der Waals surface area contributed by atoms with Gasteiger partial charge in [0.05, 0.1) is 5.56 Å². The molecule has 0 radical (unpaired) electrons. The summed E-state index contributed by atoms with van der Waals surface area (Å²) in [7, 11) is 0. The molecule has 2 aromatic rings. The van der Waals surface area contributed by atoms with Gasteiger partial charge in [-0.3, -0.25) is 14.5 Å². The van der Waals surface area contributed by atoms with E-state index >= 15 is 0 Å². The van der Waals surface area contributed by atoms with Crippen LogP contribution in [-0.4, -0.2) is 58.9 Å². The largest absolute Gasteiger partial charge is 0.478 e. The van der Waals surface area contributed by atoms with Crippen molar-refractivity contribution in [3.63, 3.8) is 0 Å². The minimum absolute atomic E-state index is 0.123. The first-order valence-electron chi connectivity index (χ1n) is 9.14. The lowest BCUT2D eigenvalue weighted by molar-refractivity contribution is -0.130. The predicted molar refractivity (Wildman–Crippen MR) is 105 cm³/mol. The van der Waals surface area contributed by atoms with E-state index in [9.17, 15) is 14.4 Å². The van der Waals surface area contributed by atoms with Crippen molar-refractivity contribution in [1.29, 1.82) is 0 Å². The molecule has 0 spiro atoms. The van der Waals surface area contributed by atoms with E-state index in [-0.39, 0.29) is 17.4 Å². The Kier molecular flexibility index (Phi) is 6.06. The number of nitrogens with zero attached hydrogens (tertiary/aromatic N) is 2. The van der Waals surface area contributed by atoms with Crippen molar-refractivity contribution in [3.05, 3.63) is 65.2 Å². The SMILES string of the molecule is CC(=O)N1CCN(Cc2ccc(NC(=O)c3ccc(C(=O)O)cc3)cc2)CC1. The number of carboxylic acid groups (broad SMARTS) is 1. The summed E-state index contributed by atoms with van der Waals surface area (Å²) in [6.07, 6.45) is 0. The molecule has 0 saturated carbocycles. The number of hydrogen-bond donors (Lipinski definition) is 2. The number of carbonyl (C=O) groups is 3. The van der Waals surface area contributed by atoms with Crippen LogP contribution in [0.15, 0.2) is 48.5 Å². The maximum absolute atomic E-state index is 12.3. The Morgan fingerprint density at radius 2 is 1.46 bits per heavy atom. The zero-order valence-corrected chi connectivity index (χ0v) is 15.7. The topological polar surface area (TPSA) is 90.0 Å². The molecule has 7 nitrogen and oxygen atoms in total. The molecule has 1 fully saturated rings. The van der Waals surface area contributed by atoms with Crippen LogP contribution in [0.25, 0.3) is 0 Å². The molecule has 0 unspecified atom stereocenters. The molecule has 2 N–H and O–H groups in total. The van der Waals surface area contributed by atoms with Crippen LogP contribution in [-0.2, 0) is 11.3 Å². The van der Waals surface area contributed by atoms with Gasteiger partial charge in [-0.15, -0.1) is 0 Å². The van der Waals surface area contributed by atoms with Crippen LogP contribution < -0.4 is 5.32 Å². The molecular formula is C21H23N3O4. The number of nitrogens with one attached hydrogen (secondary N) is 1. The van der Waals surface area contributed by atoms with E-state index in [1.54, 1.807) is 6.92 Å². The lowest BCUT2D eigenvalue weighted by Gasteiger charge is -2.34. The summed E-state index contributed by atoms with van der Waals surface area (Å²) >= 11 is 0. The van der Waals surface area contributed by atoms with Crippen LogP contribution >= 0.6 is 0 Å². The Bertz CT molecular complexity index is 854. The number of carbonyl (C=O) groups excluding carboxylic acids is 2. The maximum Gasteiger partial charge on any atom is 0.335 e. The number of rotatable bonds is 5. The number of benzene rings is 2. The molecule has 2 amide bonds. The highest BCUT2D eigenvalue weighted by molar-refractivity contribution is 6.04. The molecule has 1 aliphatic rings. The summed E-state index contributed by atoms with van der Waals surface area (Å²) < 4.78 is 0. The summed E-state index contributed by atoms with van der Waals surface area (Å²) in [6, 6.07) is 13.5. The lowest BCUT2D eigenvalue weighted by Crippen LogP contribution is -2.47. The van der Waals surface area contributed by atoms with Crippen molar-refractivity contribution >= 4 is 23.5 Å². The van der Waals surface area contributed by atoms with Crippen molar-refractivity contribution in [1.82, 2.24) is 9.80 Å². The van der Waals surface area contributed by atoms with Crippen molar-refractivity contribution in [3.8, 4) is 0 Å². The van der Waals surface area contributed by atoms with E-state index in [2.05, 4.69) is 10.2 Å². The van der Waals surface area contributed by atoms with E-state index in [0.29, 0.717) is 11.3 Å². The monoisotopic (exact) mass is 381 g/mol. The second-order valence-electron chi connectivity index (χ2n) is 6.82. The molecule has 3 rings (SSSR count). The van der Waals surface area contributed by atoms with Crippen LogP contribution in [0.2, 0.25) is 0 Å². The van der Waals surface area contributed by atoms with Gasteiger partial charge >= 0.3 is 5.97 Å². The highest BCUT2D eigenvalue weighted by Gasteiger charge is 2.18. The molecule has 0 atom stereocenters. The molecule has 0 aromatic heterocycles. The third kappa shape index (κ3) is 4.95.